The fraction of sp³-hybridized carbons (Fsp3) is 0.346. The van der Waals surface area contributed by atoms with Crippen molar-refractivity contribution in [3.05, 3.63) is 58.4 Å². The molecule has 1 atom stereocenters. The van der Waals surface area contributed by atoms with Crippen molar-refractivity contribution >= 4 is 28.4 Å². The van der Waals surface area contributed by atoms with Crippen molar-refractivity contribution in [1.29, 1.82) is 0 Å². The molecule has 2 aromatic carbocycles. The number of piperazine rings is 1. The summed E-state index contributed by atoms with van der Waals surface area (Å²) in [6.07, 6.45) is 2.49. The molecule has 0 bridgehead atoms. The number of amides is 2. The third kappa shape index (κ3) is 3.63. The molecular formula is C26H27N5O4. The number of fused-ring (bicyclic) bond motifs is 2. The molecule has 2 N–H and O–H groups in total. The Morgan fingerprint density at radius 3 is 2.60 bits per heavy atom. The smallest absolute Gasteiger partial charge is 0.257 e. The first-order valence-corrected chi connectivity index (χ1v) is 12.0. The van der Waals surface area contributed by atoms with Gasteiger partial charge in [0.1, 0.15) is 11.1 Å². The van der Waals surface area contributed by atoms with Crippen LogP contribution in [0.3, 0.4) is 0 Å². The summed E-state index contributed by atoms with van der Waals surface area (Å²) in [5.41, 5.74) is 2.11. The normalized spacial score (nSPS) is 18.8. The fourth-order valence-electron chi connectivity index (χ4n) is 5.24. The zero-order chi connectivity index (χ0) is 24.1. The van der Waals surface area contributed by atoms with Gasteiger partial charge in [0.2, 0.25) is 11.3 Å². The lowest BCUT2D eigenvalue weighted by Crippen LogP contribution is -2.48. The van der Waals surface area contributed by atoms with E-state index >= 15 is 0 Å². The van der Waals surface area contributed by atoms with E-state index in [2.05, 4.69) is 15.5 Å². The Kier molecular flexibility index (Phi) is 5.21. The first-order chi connectivity index (χ1) is 17.0. The number of carbonyl (C=O) groups excluding carboxylic acids is 2. The molecule has 9 nitrogen and oxygen atoms in total. The molecular weight excluding hydrogens is 446 g/mol. The summed E-state index contributed by atoms with van der Waals surface area (Å²) in [4.78, 5) is 42.4. The molecule has 4 heterocycles. The number of aromatic nitrogens is 1. The van der Waals surface area contributed by atoms with Gasteiger partial charge < -0.3 is 29.7 Å². The van der Waals surface area contributed by atoms with Crippen molar-refractivity contribution in [3.8, 4) is 17.2 Å². The summed E-state index contributed by atoms with van der Waals surface area (Å²) in [5, 5.41) is 6.67. The number of benzene rings is 2. The second-order valence-corrected chi connectivity index (χ2v) is 9.28. The van der Waals surface area contributed by atoms with Crippen molar-refractivity contribution in [2.45, 2.75) is 19.4 Å². The molecule has 3 aromatic rings. The van der Waals surface area contributed by atoms with E-state index in [9.17, 15) is 14.4 Å². The minimum Gasteiger partial charge on any atom is -0.451 e. The molecule has 6 rings (SSSR count). The number of para-hydroxylation sites is 2. The molecule has 0 aliphatic carbocycles. The van der Waals surface area contributed by atoms with Crippen LogP contribution in [0.5, 0.6) is 11.5 Å². The molecule has 180 valence electrons. The SMILES string of the molecule is CC(=O)N1CCN(c2ccc3c(=O)c(C(=O)NC4CCNC4)cn4c3c2Oc2ccccc2-4)CC1. The predicted octanol–water partition coefficient (Wildman–Crippen LogP) is 1.86. The quantitative estimate of drug-likeness (QED) is 0.472. The highest BCUT2D eigenvalue weighted by atomic mass is 16.5. The maximum Gasteiger partial charge on any atom is 0.257 e. The van der Waals surface area contributed by atoms with Gasteiger partial charge in [-0.25, -0.2) is 0 Å². The number of nitrogens with one attached hydrogen (secondary N) is 2. The van der Waals surface area contributed by atoms with Crippen molar-refractivity contribution in [2.24, 2.45) is 0 Å². The molecule has 0 spiro atoms. The van der Waals surface area contributed by atoms with Crippen molar-refractivity contribution in [3.63, 3.8) is 0 Å². The van der Waals surface area contributed by atoms with Gasteiger partial charge in [-0.1, -0.05) is 12.1 Å². The van der Waals surface area contributed by atoms with Gasteiger partial charge in [0.05, 0.1) is 16.8 Å². The van der Waals surface area contributed by atoms with Crippen LogP contribution in [-0.2, 0) is 4.79 Å². The summed E-state index contributed by atoms with van der Waals surface area (Å²) < 4.78 is 8.29. The van der Waals surface area contributed by atoms with Crippen LogP contribution in [0.1, 0.15) is 23.7 Å². The fourth-order valence-corrected chi connectivity index (χ4v) is 5.24. The number of hydrogen-bond acceptors (Lipinski definition) is 6. The lowest BCUT2D eigenvalue weighted by molar-refractivity contribution is -0.129. The zero-order valence-corrected chi connectivity index (χ0v) is 19.5. The largest absolute Gasteiger partial charge is 0.451 e. The Hall–Kier alpha value is -3.85. The van der Waals surface area contributed by atoms with Crippen LogP contribution in [0.25, 0.3) is 16.6 Å². The van der Waals surface area contributed by atoms with Gasteiger partial charge in [-0.15, -0.1) is 0 Å². The highest BCUT2D eigenvalue weighted by Gasteiger charge is 2.29. The molecule has 2 fully saturated rings. The molecule has 3 aliphatic heterocycles. The third-order valence-corrected chi connectivity index (χ3v) is 7.14. The van der Waals surface area contributed by atoms with Crippen LogP contribution < -0.4 is 25.7 Å². The van der Waals surface area contributed by atoms with Crippen LogP contribution in [-0.4, -0.2) is 66.6 Å². The monoisotopic (exact) mass is 473 g/mol. The first kappa shape index (κ1) is 21.7. The van der Waals surface area contributed by atoms with Gasteiger partial charge in [-0.05, 0) is 37.2 Å². The highest BCUT2D eigenvalue weighted by Crippen LogP contribution is 2.45. The van der Waals surface area contributed by atoms with Crippen LogP contribution in [0, 0.1) is 0 Å². The Morgan fingerprint density at radius 1 is 1.06 bits per heavy atom. The summed E-state index contributed by atoms with van der Waals surface area (Å²) in [6.45, 7) is 5.74. The van der Waals surface area contributed by atoms with E-state index in [0.29, 0.717) is 55.1 Å². The minimum atomic E-state index is -0.357. The van der Waals surface area contributed by atoms with E-state index in [0.717, 1.165) is 24.3 Å². The van der Waals surface area contributed by atoms with Gasteiger partial charge in [0, 0.05) is 51.9 Å². The lowest BCUT2D eigenvalue weighted by atomic mass is 10.1. The number of pyridine rings is 1. The molecule has 1 unspecified atom stereocenters. The number of ether oxygens (including phenoxy) is 1. The van der Waals surface area contributed by atoms with Gasteiger partial charge in [-0.2, -0.15) is 0 Å². The maximum absolute atomic E-state index is 13.5. The van der Waals surface area contributed by atoms with E-state index in [1.165, 1.54) is 0 Å². The van der Waals surface area contributed by atoms with Crippen molar-refractivity contribution in [2.75, 3.05) is 44.2 Å². The molecule has 0 radical (unpaired) electrons. The van der Waals surface area contributed by atoms with E-state index in [-0.39, 0.29) is 28.8 Å². The second kappa shape index (κ2) is 8.42. The summed E-state index contributed by atoms with van der Waals surface area (Å²) >= 11 is 0. The molecule has 35 heavy (non-hydrogen) atoms. The van der Waals surface area contributed by atoms with Crippen LogP contribution in [0.4, 0.5) is 5.69 Å². The number of rotatable bonds is 3. The van der Waals surface area contributed by atoms with E-state index < -0.39 is 0 Å². The highest BCUT2D eigenvalue weighted by molar-refractivity contribution is 6.01. The van der Waals surface area contributed by atoms with Crippen LogP contribution in [0.2, 0.25) is 0 Å². The molecule has 0 saturated carbocycles. The minimum absolute atomic E-state index is 0.0150. The van der Waals surface area contributed by atoms with Crippen molar-refractivity contribution < 1.29 is 14.3 Å². The average Bonchev–Trinajstić information content (AvgIpc) is 3.38. The molecule has 3 aliphatic rings. The molecule has 9 heteroatoms. The Bertz CT molecular complexity index is 1400. The number of nitrogens with zero attached hydrogens (tertiary/aromatic N) is 3. The van der Waals surface area contributed by atoms with E-state index in [1.54, 1.807) is 19.2 Å². The molecule has 2 saturated heterocycles. The Morgan fingerprint density at radius 2 is 1.86 bits per heavy atom. The topological polar surface area (TPSA) is 95.9 Å². The lowest BCUT2D eigenvalue weighted by Gasteiger charge is -2.37. The Balaban J connectivity index is 1.48. The van der Waals surface area contributed by atoms with Crippen molar-refractivity contribution in [1.82, 2.24) is 20.1 Å². The summed E-state index contributed by atoms with van der Waals surface area (Å²) in [6, 6.07) is 11.3. The summed E-state index contributed by atoms with van der Waals surface area (Å²) in [5.74, 6) is 0.972. The first-order valence-electron chi connectivity index (χ1n) is 12.0. The van der Waals surface area contributed by atoms with Gasteiger partial charge in [-0.3, -0.25) is 14.4 Å². The van der Waals surface area contributed by atoms with E-state index in [4.69, 9.17) is 4.74 Å². The maximum atomic E-state index is 13.5. The average molecular weight is 474 g/mol. The molecule has 1 aromatic heterocycles. The van der Waals surface area contributed by atoms with Crippen LogP contribution >= 0.6 is 0 Å². The number of hydrogen-bond donors (Lipinski definition) is 2. The van der Waals surface area contributed by atoms with Gasteiger partial charge in [0.15, 0.2) is 11.5 Å². The summed E-state index contributed by atoms with van der Waals surface area (Å²) in [7, 11) is 0. The second-order valence-electron chi connectivity index (χ2n) is 9.28. The zero-order valence-electron chi connectivity index (χ0n) is 19.5. The van der Waals surface area contributed by atoms with Gasteiger partial charge >= 0.3 is 0 Å². The molecule has 2 amide bonds. The van der Waals surface area contributed by atoms with Crippen LogP contribution in [0.15, 0.2) is 47.4 Å². The predicted molar refractivity (Wildman–Crippen MR) is 133 cm³/mol. The van der Waals surface area contributed by atoms with Gasteiger partial charge in [0.25, 0.3) is 5.91 Å². The Labute approximate surface area is 202 Å². The number of anilines is 1. The number of carbonyl (C=O) groups is 2. The standard InChI is InChI=1S/C26H27N5O4/c1-16(32)29-10-12-30(13-11-29)21-7-6-18-23-25(21)35-22-5-3-2-4-20(22)31(23)15-19(24(18)33)26(34)28-17-8-9-27-14-17/h2-7,15,17,27H,8-14H2,1H3,(H,28,34). The van der Waals surface area contributed by atoms with E-state index in [1.807, 2.05) is 39.8 Å². The third-order valence-electron chi connectivity index (χ3n) is 7.14.